The maximum absolute atomic E-state index is 12.6. The zero-order valence-corrected chi connectivity index (χ0v) is 16.9. The van der Waals surface area contributed by atoms with Crippen LogP contribution in [-0.4, -0.2) is 42.8 Å². The van der Waals surface area contributed by atoms with Crippen molar-refractivity contribution in [1.29, 1.82) is 0 Å². The number of anilines is 2. The van der Waals surface area contributed by atoms with Crippen LogP contribution in [0.15, 0.2) is 54.6 Å². The summed E-state index contributed by atoms with van der Waals surface area (Å²) in [5.41, 5.74) is 1.97. The average Bonchev–Trinajstić information content (AvgIpc) is 3.13. The second-order valence-electron chi connectivity index (χ2n) is 7.36. The lowest BCUT2D eigenvalue weighted by Crippen LogP contribution is -2.29. The average molecular weight is 393 g/mol. The van der Waals surface area contributed by atoms with Crippen LogP contribution in [0.25, 0.3) is 0 Å². The van der Waals surface area contributed by atoms with E-state index in [9.17, 15) is 14.4 Å². The van der Waals surface area contributed by atoms with Crippen molar-refractivity contribution in [3.05, 3.63) is 60.2 Å². The van der Waals surface area contributed by atoms with Gasteiger partial charge < -0.3 is 15.1 Å². The third kappa shape index (κ3) is 5.02. The van der Waals surface area contributed by atoms with Gasteiger partial charge in [0.25, 0.3) is 5.91 Å². The number of hydrogen-bond donors (Lipinski definition) is 1. The summed E-state index contributed by atoms with van der Waals surface area (Å²) < 4.78 is 0. The summed E-state index contributed by atoms with van der Waals surface area (Å²) in [5, 5.41) is 2.87. The predicted molar refractivity (Wildman–Crippen MR) is 114 cm³/mol. The molecule has 0 radical (unpaired) electrons. The number of carbonyl (C=O) groups is 3. The number of rotatable bonds is 7. The van der Waals surface area contributed by atoms with Crippen LogP contribution in [0.3, 0.4) is 0 Å². The Morgan fingerprint density at radius 1 is 1.10 bits per heavy atom. The van der Waals surface area contributed by atoms with Gasteiger partial charge in [0.1, 0.15) is 0 Å². The maximum Gasteiger partial charge on any atom is 0.258 e. The molecule has 1 atom stereocenters. The van der Waals surface area contributed by atoms with Crippen molar-refractivity contribution < 1.29 is 14.4 Å². The molecule has 3 amide bonds. The first-order valence-electron chi connectivity index (χ1n) is 10.0. The van der Waals surface area contributed by atoms with Gasteiger partial charge in [-0.15, -0.1) is 0 Å². The van der Waals surface area contributed by atoms with Crippen LogP contribution in [0.4, 0.5) is 11.4 Å². The van der Waals surface area contributed by atoms with E-state index in [1.165, 1.54) is 0 Å². The van der Waals surface area contributed by atoms with Gasteiger partial charge in [-0.2, -0.15) is 0 Å². The summed E-state index contributed by atoms with van der Waals surface area (Å²) in [7, 11) is 1.73. The molecule has 29 heavy (non-hydrogen) atoms. The highest BCUT2D eigenvalue weighted by Gasteiger charge is 2.33. The largest absolute Gasteiger partial charge is 0.342 e. The van der Waals surface area contributed by atoms with Gasteiger partial charge in [0.05, 0.1) is 5.92 Å². The van der Waals surface area contributed by atoms with Crippen LogP contribution in [0.1, 0.15) is 36.5 Å². The Kier molecular flexibility index (Phi) is 6.65. The fourth-order valence-corrected chi connectivity index (χ4v) is 3.42. The van der Waals surface area contributed by atoms with Gasteiger partial charge in [0.15, 0.2) is 0 Å². The molecule has 1 heterocycles. The summed E-state index contributed by atoms with van der Waals surface area (Å²) in [6.07, 6.45) is 2.23. The number of benzene rings is 2. The van der Waals surface area contributed by atoms with Crippen molar-refractivity contribution in [3.8, 4) is 0 Å². The van der Waals surface area contributed by atoms with Crippen molar-refractivity contribution in [2.75, 3.05) is 30.4 Å². The molecule has 0 aromatic heterocycles. The molecule has 2 aromatic rings. The van der Waals surface area contributed by atoms with E-state index >= 15 is 0 Å². The van der Waals surface area contributed by atoms with E-state index in [0.717, 1.165) is 18.5 Å². The van der Waals surface area contributed by atoms with Crippen molar-refractivity contribution in [3.63, 3.8) is 0 Å². The molecule has 1 fully saturated rings. The molecular formula is C23H27N3O3. The van der Waals surface area contributed by atoms with Crippen LogP contribution < -0.4 is 10.2 Å². The number of nitrogens with zero attached hydrogens (tertiary/aromatic N) is 2. The van der Waals surface area contributed by atoms with Crippen LogP contribution in [0.2, 0.25) is 0 Å². The molecule has 0 bridgehead atoms. The fraction of sp³-hybridized carbons (Fsp3) is 0.348. The minimum Gasteiger partial charge on any atom is -0.342 e. The topological polar surface area (TPSA) is 69.7 Å². The normalized spacial score (nSPS) is 16.0. The van der Waals surface area contributed by atoms with E-state index in [1.54, 1.807) is 41.1 Å². The number of unbranched alkanes of at least 4 members (excludes halogenated alkanes) is 1. The smallest absolute Gasteiger partial charge is 0.258 e. The summed E-state index contributed by atoms with van der Waals surface area (Å²) in [5.74, 6) is -0.562. The first-order valence-corrected chi connectivity index (χ1v) is 10.0. The number of hydrogen-bond acceptors (Lipinski definition) is 3. The molecule has 6 nitrogen and oxygen atoms in total. The predicted octanol–water partition coefficient (Wildman–Crippen LogP) is 3.55. The first kappa shape index (κ1) is 20.6. The highest BCUT2D eigenvalue weighted by atomic mass is 16.2. The molecular weight excluding hydrogens is 366 g/mol. The second kappa shape index (κ2) is 9.37. The van der Waals surface area contributed by atoms with Gasteiger partial charge in [0, 0.05) is 43.5 Å². The second-order valence-corrected chi connectivity index (χ2v) is 7.36. The lowest BCUT2D eigenvalue weighted by atomic mass is 10.1. The monoisotopic (exact) mass is 393 g/mol. The molecule has 1 aliphatic rings. The molecule has 0 aliphatic carbocycles. The number of amides is 3. The van der Waals surface area contributed by atoms with Crippen LogP contribution in [0.5, 0.6) is 0 Å². The molecule has 0 unspecified atom stereocenters. The van der Waals surface area contributed by atoms with Crippen LogP contribution in [0, 0.1) is 5.92 Å². The third-order valence-corrected chi connectivity index (χ3v) is 5.21. The Bertz CT molecular complexity index is 865. The molecule has 2 aromatic carbocycles. The van der Waals surface area contributed by atoms with Crippen molar-refractivity contribution in [2.45, 2.75) is 26.2 Å². The zero-order chi connectivity index (χ0) is 20.8. The van der Waals surface area contributed by atoms with Crippen molar-refractivity contribution >= 4 is 29.1 Å². The van der Waals surface area contributed by atoms with Crippen molar-refractivity contribution in [1.82, 2.24) is 4.90 Å². The summed E-state index contributed by atoms with van der Waals surface area (Å²) in [6, 6.07) is 16.3. The molecule has 1 N–H and O–H groups in total. The highest BCUT2D eigenvalue weighted by molar-refractivity contribution is 6.06. The van der Waals surface area contributed by atoms with Crippen LogP contribution in [-0.2, 0) is 9.59 Å². The molecule has 3 rings (SSSR count). The molecule has 152 valence electrons. The number of para-hydroxylation sites is 1. The van der Waals surface area contributed by atoms with E-state index in [0.29, 0.717) is 24.3 Å². The van der Waals surface area contributed by atoms with Gasteiger partial charge in [-0.1, -0.05) is 31.5 Å². The summed E-state index contributed by atoms with van der Waals surface area (Å²) >= 11 is 0. The maximum atomic E-state index is 12.6. The molecule has 0 saturated carbocycles. The Morgan fingerprint density at radius 3 is 2.45 bits per heavy atom. The minimum absolute atomic E-state index is 0.0449. The Labute approximate surface area is 171 Å². The van der Waals surface area contributed by atoms with E-state index in [4.69, 9.17) is 0 Å². The SMILES string of the molecule is CCCCN1C[C@@H](C(=O)Nc2ccc(C(=O)N(C)c3ccccc3)cc2)CC1=O. The van der Waals surface area contributed by atoms with Crippen molar-refractivity contribution in [2.24, 2.45) is 5.92 Å². The van der Waals surface area contributed by atoms with Gasteiger partial charge in [-0.25, -0.2) is 0 Å². The van der Waals surface area contributed by atoms with E-state index in [2.05, 4.69) is 12.2 Å². The van der Waals surface area contributed by atoms with E-state index in [1.807, 2.05) is 30.3 Å². The quantitative estimate of drug-likeness (QED) is 0.782. The molecule has 1 saturated heterocycles. The van der Waals surface area contributed by atoms with Gasteiger partial charge >= 0.3 is 0 Å². The van der Waals surface area contributed by atoms with Gasteiger partial charge in [-0.3, -0.25) is 14.4 Å². The van der Waals surface area contributed by atoms with Gasteiger partial charge in [0.2, 0.25) is 11.8 Å². The lowest BCUT2D eigenvalue weighted by Gasteiger charge is -2.18. The molecule has 6 heteroatoms. The van der Waals surface area contributed by atoms with E-state index in [-0.39, 0.29) is 30.1 Å². The Morgan fingerprint density at radius 2 is 1.79 bits per heavy atom. The first-order chi connectivity index (χ1) is 14.0. The van der Waals surface area contributed by atoms with Crippen LogP contribution >= 0.6 is 0 Å². The number of likely N-dealkylation sites (tertiary alicyclic amines) is 1. The Balaban J connectivity index is 1.58. The standard InChI is InChI=1S/C23H27N3O3/c1-3-4-14-26-16-18(15-21(26)27)22(28)24-19-12-10-17(11-13-19)23(29)25(2)20-8-6-5-7-9-20/h5-13,18H,3-4,14-16H2,1-2H3,(H,24,28)/t18-/m0/s1. The summed E-state index contributed by atoms with van der Waals surface area (Å²) in [6.45, 7) is 3.27. The van der Waals surface area contributed by atoms with E-state index < -0.39 is 0 Å². The lowest BCUT2D eigenvalue weighted by molar-refractivity contribution is -0.128. The summed E-state index contributed by atoms with van der Waals surface area (Å²) in [4.78, 5) is 40.6. The van der Waals surface area contributed by atoms with Gasteiger partial charge in [-0.05, 0) is 42.8 Å². The molecule has 0 spiro atoms. The fourth-order valence-electron chi connectivity index (χ4n) is 3.42. The minimum atomic E-state index is -0.329. The number of carbonyl (C=O) groups excluding carboxylic acids is 3. The zero-order valence-electron chi connectivity index (χ0n) is 16.9. The third-order valence-electron chi connectivity index (χ3n) is 5.21. The number of nitrogens with one attached hydrogen (secondary N) is 1. The Hall–Kier alpha value is -3.15. The highest BCUT2D eigenvalue weighted by Crippen LogP contribution is 2.21. The molecule has 1 aliphatic heterocycles.